The molecule has 2 aliphatic rings. The molecule has 6 nitrogen and oxygen atoms in total. The maximum absolute atomic E-state index is 13.8. The Morgan fingerprint density at radius 1 is 1.36 bits per heavy atom. The number of carbonyl (C=O) groups excluding carboxylic acids is 1. The molecule has 2 amide bonds. The fourth-order valence-corrected chi connectivity index (χ4v) is 4.35. The Morgan fingerprint density at radius 3 is 2.89 bits per heavy atom. The third kappa shape index (κ3) is 3.76. The molecule has 0 radical (unpaired) electrons. The highest BCUT2D eigenvalue weighted by atomic mass is 19.1. The van der Waals surface area contributed by atoms with Gasteiger partial charge in [0.15, 0.2) is 0 Å². The van der Waals surface area contributed by atoms with Crippen LogP contribution in [0.5, 0.6) is 0 Å². The highest BCUT2D eigenvalue weighted by molar-refractivity contribution is 5.75. The predicted octanol–water partition coefficient (Wildman–Crippen LogP) is 3.72. The Bertz CT molecular complexity index is 832. The Kier molecular flexibility index (Phi) is 5.35. The highest BCUT2D eigenvalue weighted by Gasteiger charge is 2.37. The van der Waals surface area contributed by atoms with Gasteiger partial charge in [-0.2, -0.15) is 0 Å². The van der Waals surface area contributed by atoms with Crippen molar-refractivity contribution < 1.29 is 18.4 Å². The van der Waals surface area contributed by atoms with Crippen molar-refractivity contribution in [2.24, 2.45) is 0 Å². The second kappa shape index (κ2) is 7.91. The SMILES string of the molecule is Cc1cc(C2CCCN2C(=O)NCC2(c3cccc(F)c3)CCOCC2)no1. The lowest BCUT2D eigenvalue weighted by atomic mass is 9.74. The van der Waals surface area contributed by atoms with E-state index in [-0.39, 0.29) is 23.3 Å². The summed E-state index contributed by atoms with van der Waals surface area (Å²) in [6.07, 6.45) is 3.32. The van der Waals surface area contributed by atoms with E-state index in [0.717, 1.165) is 42.7 Å². The number of likely N-dealkylation sites (tertiary alicyclic amines) is 1. The Morgan fingerprint density at radius 2 is 2.18 bits per heavy atom. The number of aromatic nitrogens is 1. The topological polar surface area (TPSA) is 67.6 Å². The molecule has 2 fully saturated rings. The van der Waals surface area contributed by atoms with Gasteiger partial charge in [-0.1, -0.05) is 17.3 Å². The minimum Gasteiger partial charge on any atom is -0.381 e. The van der Waals surface area contributed by atoms with Crippen LogP contribution in [0.3, 0.4) is 0 Å². The van der Waals surface area contributed by atoms with Gasteiger partial charge in [0.25, 0.3) is 0 Å². The summed E-state index contributed by atoms with van der Waals surface area (Å²) in [6.45, 7) is 4.22. The van der Waals surface area contributed by atoms with Crippen molar-refractivity contribution in [3.63, 3.8) is 0 Å². The molecule has 0 spiro atoms. The van der Waals surface area contributed by atoms with Crippen molar-refractivity contribution in [3.8, 4) is 0 Å². The summed E-state index contributed by atoms with van der Waals surface area (Å²) in [4.78, 5) is 14.8. The normalized spacial score (nSPS) is 21.6. The van der Waals surface area contributed by atoms with Gasteiger partial charge in [-0.3, -0.25) is 0 Å². The van der Waals surface area contributed by atoms with Gasteiger partial charge in [0.2, 0.25) is 0 Å². The molecule has 2 saturated heterocycles. The first-order valence-electron chi connectivity index (χ1n) is 9.89. The van der Waals surface area contributed by atoms with Crippen molar-refractivity contribution in [1.82, 2.24) is 15.4 Å². The lowest BCUT2D eigenvalue weighted by Gasteiger charge is -2.38. The lowest BCUT2D eigenvalue weighted by Crippen LogP contribution is -2.48. The molecule has 2 aromatic rings. The van der Waals surface area contributed by atoms with Crippen molar-refractivity contribution >= 4 is 6.03 Å². The van der Waals surface area contributed by atoms with E-state index in [4.69, 9.17) is 9.26 Å². The van der Waals surface area contributed by atoms with Crippen LogP contribution in [0.2, 0.25) is 0 Å². The summed E-state index contributed by atoms with van der Waals surface area (Å²) < 4.78 is 24.5. The minimum absolute atomic E-state index is 0.0581. The molecule has 3 heterocycles. The average Bonchev–Trinajstić information content (AvgIpc) is 3.36. The Balaban J connectivity index is 1.48. The zero-order chi connectivity index (χ0) is 19.6. The number of hydrogen-bond acceptors (Lipinski definition) is 4. The Hall–Kier alpha value is -2.41. The summed E-state index contributed by atoms with van der Waals surface area (Å²) in [5.74, 6) is 0.491. The number of nitrogens with one attached hydrogen (secondary N) is 1. The average molecular weight is 387 g/mol. The molecule has 0 aliphatic carbocycles. The highest BCUT2D eigenvalue weighted by Crippen LogP contribution is 2.35. The van der Waals surface area contributed by atoms with E-state index in [9.17, 15) is 9.18 Å². The molecule has 1 aromatic carbocycles. The maximum atomic E-state index is 13.8. The molecule has 1 aromatic heterocycles. The van der Waals surface area contributed by atoms with Crippen LogP contribution in [-0.4, -0.2) is 42.4 Å². The number of rotatable bonds is 4. The Labute approximate surface area is 164 Å². The summed E-state index contributed by atoms with van der Waals surface area (Å²) in [5.41, 5.74) is 1.41. The molecule has 1 N–H and O–H groups in total. The number of ether oxygens (including phenoxy) is 1. The molecule has 0 saturated carbocycles. The van der Waals surface area contributed by atoms with Gasteiger partial charge >= 0.3 is 6.03 Å². The second-order valence-electron chi connectivity index (χ2n) is 7.78. The standard InChI is InChI=1S/C21H26FN3O3/c1-15-12-18(24-28-15)19-6-3-9-25(19)20(26)23-14-21(7-10-27-11-8-21)16-4-2-5-17(22)13-16/h2,4-5,12-13,19H,3,6-11,14H2,1H3,(H,23,26). The molecule has 2 aliphatic heterocycles. The van der Waals surface area contributed by atoms with E-state index in [1.54, 1.807) is 12.1 Å². The van der Waals surface area contributed by atoms with Crippen molar-refractivity contribution in [1.29, 1.82) is 0 Å². The van der Waals surface area contributed by atoms with E-state index in [2.05, 4.69) is 10.5 Å². The van der Waals surface area contributed by atoms with E-state index in [0.29, 0.717) is 26.3 Å². The minimum atomic E-state index is -0.310. The van der Waals surface area contributed by atoms with Crippen LogP contribution in [-0.2, 0) is 10.2 Å². The number of halogens is 1. The van der Waals surface area contributed by atoms with Crippen molar-refractivity contribution in [2.75, 3.05) is 26.3 Å². The largest absolute Gasteiger partial charge is 0.381 e. The monoisotopic (exact) mass is 387 g/mol. The first-order chi connectivity index (χ1) is 13.6. The smallest absolute Gasteiger partial charge is 0.317 e. The predicted molar refractivity (Wildman–Crippen MR) is 101 cm³/mol. The van der Waals surface area contributed by atoms with Crippen molar-refractivity contribution in [2.45, 2.75) is 44.1 Å². The molecule has 1 unspecified atom stereocenters. The van der Waals surface area contributed by atoms with Gasteiger partial charge in [-0.15, -0.1) is 0 Å². The third-order valence-corrected chi connectivity index (χ3v) is 5.97. The lowest BCUT2D eigenvalue weighted by molar-refractivity contribution is 0.0499. The van der Waals surface area contributed by atoms with Crippen LogP contribution in [0.1, 0.15) is 48.7 Å². The zero-order valence-corrected chi connectivity index (χ0v) is 16.1. The van der Waals surface area contributed by atoms with Crippen LogP contribution >= 0.6 is 0 Å². The van der Waals surface area contributed by atoms with E-state index in [1.807, 2.05) is 24.0 Å². The number of urea groups is 1. The van der Waals surface area contributed by atoms with Crippen LogP contribution in [0, 0.1) is 12.7 Å². The summed E-state index contributed by atoms with van der Waals surface area (Å²) in [7, 11) is 0. The molecule has 28 heavy (non-hydrogen) atoms. The van der Waals surface area contributed by atoms with Gasteiger partial charge in [0, 0.05) is 37.8 Å². The molecular weight excluding hydrogens is 361 g/mol. The molecule has 1 atom stereocenters. The number of nitrogens with zero attached hydrogens (tertiary/aromatic N) is 2. The van der Waals surface area contributed by atoms with Gasteiger partial charge in [-0.25, -0.2) is 9.18 Å². The third-order valence-electron chi connectivity index (χ3n) is 5.97. The summed E-state index contributed by atoms with van der Waals surface area (Å²) in [5, 5.41) is 7.21. The fourth-order valence-electron chi connectivity index (χ4n) is 4.35. The zero-order valence-electron chi connectivity index (χ0n) is 16.1. The second-order valence-corrected chi connectivity index (χ2v) is 7.78. The van der Waals surface area contributed by atoms with Gasteiger partial charge in [0.1, 0.15) is 17.3 Å². The number of hydrogen-bond donors (Lipinski definition) is 1. The van der Waals surface area contributed by atoms with Crippen molar-refractivity contribution in [3.05, 3.63) is 53.2 Å². The molecule has 150 valence electrons. The van der Waals surface area contributed by atoms with Gasteiger partial charge in [0.05, 0.1) is 6.04 Å². The summed E-state index contributed by atoms with van der Waals surface area (Å²) in [6, 6.07) is 8.42. The van der Waals surface area contributed by atoms with E-state index in [1.165, 1.54) is 6.07 Å². The van der Waals surface area contributed by atoms with E-state index < -0.39 is 0 Å². The van der Waals surface area contributed by atoms with E-state index >= 15 is 0 Å². The van der Waals surface area contributed by atoms with Crippen LogP contribution in [0.4, 0.5) is 9.18 Å². The molecule has 0 bridgehead atoms. The fraction of sp³-hybridized carbons (Fsp3) is 0.524. The summed E-state index contributed by atoms with van der Waals surface area (Å²) >= 11 is 0. The quantitative estimate of drug-likeness (QED) is 0.868. The molecule has 4 rings (SSSR count). The van der Waals surface area contributed by atoms with Crippen LogP contribution in [0.25, 0.3) is 0 Å². The first-order valence-corrected chi connectivity index (χ1v) is 9.89. The molecule has 7 heteroatoms. The van der Waals surface area contributed by atoms with Crippen LogP contribution in [0.15, 0.2) is 34.9 Å². The first kappa shape index (κ1) is 18.9. The number of aryl methyl sites for hydroxylation is 1. The number of carbonyl (C=O) groups is 1. The number of amides is 2. The van der Waals surface area contributed by atoms with Gasteiger partial charge < -0.3 is 19.5 Å². The van der Waals surface area contributed by atoms with Gasteiger partial charge in [-0.05, 0) is 50.3 Å². The van der Waals surface area contributed by atoms with Crippen LogP contribution < -0.4 is 5.32 Å². The molecular formula is C21H26FN3O3. The number of benzene rings is 1. The maximum Gasteiger partial charge on any atom is 0.317 e.